The molecule has 0 bridgehead atoms. The Morgan fingerprint density at radius 2 is 1.95 bits per heavy atom. The molecule has 2 rings (SSSR count). The Kier molecular flexibility index (Phi) is 4.61. The summed E-state index contributed by atoms with van der Waals surface area (Å²) in [6.07, 6.45) is 3.03. The highest BCUT2D eigenvalue weighted by atomic mass is 19.1. The predicted octanol–water partition coefficient (Wildman–Crippen LogP) is 3.81. The Bertz CT molecular complexity index is 600. The molecule has 0 radical (unpaired) electrons. The maximum atomic E-state index is 13.9. The molecule has 1 N–H and O–H groups in total. The summed E-state index contributed by atoms with van der Waals surface area (Å²) in [5.74, 6) is -0.495. The number of aromatic nitrogens is 2. The number of halogens is 2. The Labute approximate surface area is 117 Å². The molecule has 1 aromatic carbocycles. The van der Waals surface area contributed by atoms with Crippen molar-refractivity contribution < 1.29 is 8.78 Å². The second-order valence-corrected chi connectivity index (χ2v) is 4.45. The van der Waals surface area contributed by atoms with Crippen LogP contribution in [0.5, 0.6) is 0 Å². The minimum absolute atomic E-state index is 0.296. The third kappa shape index (κ3) is 2.92. The zero-order valence-corrected chi connectivity index (χ0v) is 11.6. The number of hydrogen-bond acceptors (Lipinski definition) is 3. The number of rotatable bonds is 5. The molecule has 0 saturated carbocycles. The minimum atomic E-state index is -0.611. The summed E-state index contributed by atoms with van der Waals surface area (Å²) in [5.41, 5.74) is 1.65. The summed E-state index contributed by atoms with van der Waals surface area (Å²) in [6.45, 7) is 4.80. The highest BCUT2D eigenvalue weighted by molar-refractivity contribution is 5.68. The first-order chi connectivity index (χ1) is 9.67. The van der Waals surface area contributed by atoms with E-state index in [0.717, 1.165) is 24.6 Å². The maximum Gasteiger partial charge on any atom is 0.135 e. The highest BCUT2D eigenvalue weighted by Crippen LogP contribution is 2.28. The molecule has 2 aromatic rings. The van der Waals surface area contributed by atoms with Gasteiger partial charge >= 0.3 is 0 Å². The fourth-order valence-corrected chi connectivity index (χ4v) is 2.06. The number of nitrogens with one attached hydrogen (secondary N) is 1. The lowest BCUT2D eigenvalue weighted by Gasteiger charge is -2.13. The SMILES string of the molecule is CCCNc1ncnc(-c2ccc(F)cc2F)c1CC. The molecule has 0 fully saturated rings. The van der Waals surface area contributed by atoms with Crippen molar-refractivity contribution in [3.05, 3.63) is 41.7 Å². The molecule has 5 heteroatoms. The van der Waals surface area contributed by atoms with Gasteiger partial charge in [-0.2, -0.15) is 0 Å². The standard InChI is InChI=1S/C15H17F2N3/c1-3-7-18-15-11(4-2)14(19-9-20-15)12-6-5-10(16)8-13(12)17/h5-6,8-9H,3-4,7H2,1-2H3,(H,18,19,20). The molecule has 0 aliphatic rings. The van der Waals surface area contributed by atoms with Crippen molar-refractivity contribution in [3.8, 4) is 11.3 Å². The lowest BCUT2D eigenvalue weighted by molar-refractivity contribution is 0.585. The molecule has 1 heterocycles. The molecule has 3 nitrogen and oxygen atoms in total. The van der Waals surface area contributed by atoms with Crippen molar-refractivity contribution in [3.63, 3.8) is 0 Å². The van der Waals surface area contributed by atoms with Gasteiger partial charge in [-0.25, -0.2) is 18.7 Å². The first kappa shape index (κ1) is 14.4. The summed E-state index contributed by atoms with van der Waals surface area (Å²) >= 11 is 0. The van der Waals surface area contributed by atoms with Crippen molar-refractivity contribution in [2.24, 2.45) is 0 Å². The van der Waals surface area contributed by atoms with Crippen molar-refractivity contribution >= 4 is 5.82 Å². The van der Waals surface area contributed by atoms with Crippen LogP contribution in [0.15, 0.2) is 24.5 Å². The second kappa shape index (κ2) is 6.41. The van der Waals surface area contributed by atoms with Gasteiger partial charge in [-0.1, -0.05) is 13.8 Å². The van der Waals surface area contributed by atoms with E-state index in [9.17, 15) is 8.78 Å². The smallest absolute Gasteiger partial charge is 0.135 e. The van der Waals surface area contributed by atoms with Crippen LogP contribution in [0, 0.1) is 11.6 Å². The van der Waals surface area contributed by atoms with Gasteiger partial charge in [0, 0.05) is 23.7 Å². The monoisotopic (exact) mass is 277 g/mol. The van der Waals surface area contributed by atoms with Gasteiger partial charge in [0.05, 0.1) is 5.69 Å². The van der Waals surface area contributed by atoms with Crippen LogP contribution in [-0.2, 0) is 6.42 Å². The zero-order valence-electron chi connectivity index (χ0n) is 11.6. The first-order valence-electron chi connectivity index (χ1n) is 6.70. The maximum absolute atomic E-state index is 13.9. The van der Waals surface area contributed by atoms with E-state index in [0.29, 0.717) is 23.5 Å². The van der Waals surface area contributed by atoms with Crippen LogP contribution in [0.25, 0.3) is 11.3 Å². The lowest BCUT2D eigenvalue weighted by atomic mass is 10.0. The quantitative estimate of drug-likeness (QED) is 0.903. The number of hydrogen-bond donors (Lipinski definition) is 1. The van der Waals surface area contributed by atoms with Crippen LogP contribution in [-0.4, -0.2) is 16.5 Å². The lowest BCUT2D eigenvalue weighted by Crippen LogP contribution is -2.07. The molecular weight excluding hydrogens is 260 g/mol. The molecule has 1 aromatic heterocycles. The van der Waals surface area contributed by atoms with Crippen LogP contribution >= 0.6 is 0 Å². The van der Waals surface area contributed by atoms with E-state index in [2.05, 4.69) is 22.2 Å². The second-order valence-electron chi connectivity index (χ2n) is 4.45. The van der Waals surface area contributed by atoms with Gasteiger partial charge in [0.2, 0.25) is 0 Å². The predicted molar refractivity (Wildman–Crippen MR) is 75.5 cm³/mol. The van der Waals surface area contributed by atoms with Crippen LogP contribution < -0.4 is 5.32 Å². The Balaban J connectivity index is 2.50. The van der Waals surface area contributed by atoms with E-state index in [1.54, 1.807) is 0 Å². The third-order valence-electron chi connectivity index (χ3n) is 3.03. The van der Waals surface area contributed by atoms with Gasteiger partial charge < -0.3 is 5.32 Å². The normalized spacial score (nSPS) is 10.6. The molecular formula is C15H17F2N3. The Morgan fingerprint density at radius 1 is 1.15 bits per heavy atom. The van der Waals surface area contributed by atoms with Crippen LogP contribution in [0.2, 0.25) is 0 Å². The number of benzene rings is 1. The van der Waals surface area contributed by atoms with Crippen LogP contribution in [0.3, 0.4) is 0 Å². The molecule has 0 aliphatic heterocycles. The van der Waals surface area contributed by atoms with Crippen LogP contribution in [0.1, 0.15) is 25.8 Å². The van der Waals surface area contributed by atoms with E-state index in [-0.39, 0.29) is 0 Å². The summed E-state index contributed by atoms with van der Waals surface area (Å²) in [7, 11) is 0. The Hall–Kier alpha value is -2.04. The molecule has 0 atom stereocenters. The average Bonchev–Trinajstić information content (AvgIpc) is 2.44. The van der Waals surface area contributed by atoms with Crippen molar-refractivity contribution in [1.82, 2.24) is 9.97 Å². The van der Waals surface area contributed by atoms with Gasteiger partial charge in [-0.3, -0.25) is 0 Å². The fraction of sp³-hybridized carbons (Fsp3) is 0.333. The number of nitrogens with zero attached hydrogens (tertiary/aromatic N) is 2. The molecule has 0 saturated heterocycles. The van der Waals surface area contributed by atoms with Gasteiger partial charge in [0.15, 0.2) is 0 Å². The van der Waals surface area contributed by atoms with Crippen molar-refractivity contribution in [2.75, 3.05) is 11.9 Å². The van der Waals surface area contributed by atoms with Crippen molar-refractivity contribution in [2.45, 2.75) is 26.7 Å². The summed E-state index contributed by atoms with van der Waals surface area (Å²) in [6, 6.07) is 3.52. The summed E-state index contributed by atoms with van der Waals surface area (Å²) in [4.78, 5) is 8.37. The van der Waals surface area contributed by atoms with E-state index >= 15 is 0 Å². The molecule has 0 aliphatic carbocycles. The average molecular weight is 277 g/mol. The van der Waals surface area contributed by atoms with Gasteiger partial charge in [0.1, 0.15) is 23.8 Å². The highest BCUT2D eigenvalue weighted by Gasteiger charge is 2.15. The third-order valence-corrected chi connectivity index (χ3v) is 3.03. The number of anilines is 1. The topological polar surface area (TPSA) is 37.8 Å². The van der Waals surface area contributed by atoms with Gasteiger partial charge in [-0.05, 0) is 25.0 Å². The van der Waals surface area contributed by atoms with Crippen molar-refractivity contribution in [1.29, 1.82) is 0 Å². The minimum Gasteiger partial charge on any atom is -0.370 e. The Morgan fingerprint density at radius 3 is 2.60 bits per heavy atom. The van der Waals surface area contributed by atoms with E-state index < -0.39 is 11.6 Å². The van der Waals surface area contributed by atoms with E-state index in [4.69, 9.17) is 0 Å². The molecule has 0 unspecified atom stereocenters. The van der Waals surface area contributed by atoms with Crippen LogP contribution in [0.4, 0.5) is 14.6 Å². The molecule has 106 valence electrons. The zero-order chi connectivity index (χ0) is 14.5. The summed E-state index contributed by atoms with van der Waals surface area (Å²) < 4.78 is 26.9. The van der Waals surface area contributed by atoms with E-state index in [1.807, 2.05) is 6.92 Å². The molecule has 0 spiro atoms. The molecule has 0 amide bonds. The first-order valence-corrected chi connectivity index (χ1v) is 6.70. The van der Waals surface area contributed by atoms with Gasteiger partial charge in [-0.15, -0.1) is 0 Å². The molecule has 20 heavy (non-hydrogen) atoms. The largest absolute Gasteiger partial charge is 0.370 e. The van der Waals surface area contributed by atoms with Gasteiger partial charge in [0.25, 0.3) is 0 Å². The summed E-state index contributed by atoms with van der Waals surface area (Å²) in [5, 5.41) is 3.21. The fourth-order valence-electron chi connectivity index (χ4n) is 2.06. The van der Waals surface area contributed by atoms with E-state index in [1.165, 1.54) is 18.5 Å².